The molecule has 0 saturated heterocycles. The van der Waals surface area contributed by atoms with Crippen LogP contribution in [0, 0.1) is 5.41 Å². The van der Waals surface area contributed by atoms with Crippen molar-refractivity contribution in [2.24, 2.45) is 11.1 Å². The average Bonchev–Trinajstić information content (AvgIpc) is 2.31. The number of carbonyl (C=O) groups excluding carboxylic acids is 1. The van der Waals surface area contributed by atoms with Gasteiger partial charge in [0.1, 0.15) is 0 Å². The molecule has 0 unspecified atom stereocenters. The van der Waals surface area contributed by atoms with Gasteiger partial charge in [0.15, 0.2) is 0 Å². The van der Waals surface area contributed by atoms with Gasteiger partial charge in [-0.05, 0) is 19.3 Å². The Labute approximate surface area is 79.5 Å². The number of halogens is 1. The zero-order valence-electron chi connectivity index (χ0n) is 7.59. The summed E-state index contributed by atoms with van der Waals surface area (Å²) in [5.41, 5.74) is 5.52. The van der Waals surface area contributed by atoms with E-state index >= 15 is 0 Å². The van der Waals surface area contributed by atoms with Gasteiger partial charge in [0.2, 0.25) is 5.91 Å². The lowest BCUT2D eigenvalue weighted by Crippen LogP contribution is -2.35. The minimum atomic E-state index is -0.200. The maximum Gasteiger partial charge on any atom is 0.225 e. The second kappa shape index (κ2) is 4.10. The van der Waals surface area contributed by atoms with Gasteiger partial charge in [-0.2, -0.15) is 0 Å². The Balaban J connectivity index is 0.00000121. The smallest absolute Gasteiger partial charge is 0.225 e. The van der Waals surface area contributed by atoms with Crippen molar-refractivity contribution in [2.75, 3.05) is 7.05 Å². The van der Waals surface area contributed by atoms with Crippen molar-refractivity contribution in [2.45, 2.75) is 32.2 Å². The molecule has 0 aromatic carbocycles. The van der Waals surface area contributed by atoms with Crippen molar-refractivity contribution >= 4 is 18.3 Å². The van der Waals surface area contributed by atoms with Crippen molar-refractivity contribution in [3.63, 3.8) is 0 Å². The summed E-state index contributed by atoms with van der Waals surface area (Å²) in [7, 11) is 1.68. The largest absolute Gasteiger partial charge is 0.359 e. The number of hydrogen-bond donors (Lipinski definition) is 2. The second-order valence-electron chi connectivity index (χ2n) is 3.64. The molecule has 0 radical (unpaired) electrons. The normalized spacial score (nSPS) is 34.1. The third-order valence-electron chi connectivity index (χ3n) is 2.55. The van der Waals surface area contributed by atoms with Gasteiger partial charge in [0, 0.05) is 18.5 Å². The van der Waals surface area contributed by atoms with E-state index in [1.165, 1.54) is 0 Å². The summed E-state index contributed by atoms with van der Waals surface area (Å²) in [5, 5.41) is 2.67. The lowest BCUT2D eigenvalue weighted by Gasteiger charge is -2.20. The Morgan fingerprint density at radius 3 is 2.58 bits per heavy atom. The summed E-state index contributed by atoms with van der Waals surface area (Å²) in [6.07, 6.45) is 2.73. The highest BCUT2D eigenvalue weighted by atomic mass is 35.5. The highest BCUT2D eigenvalue weighted by molar-refractivity contribution is 5.85. The predicted molar refractivity (Wildman–Crippen MR) is 51.2 cm³/mol. The molecule has 1 aliphatic rings. The second-order valence-corrected chi connectivity index (χ2v) is 3.64. The lowest BCUT2D eigenvalue weighted by molar-refractivity contribution is -0.129. The van der Waals surface area contributed by atoms with Gasteiger partial charge in [0.25, 0.3) is 0 Å². The van der Waals surface area contributed by atoms with Gasteiger partial charge < -0.3 is 11.1 Å². The molecule has 0 aliphatic heterocycles. The summed E-state index contributed by atoms with van der Waals surface area (Å²) >= 11 is 0. The maximum absolute atomic E-state index is 11.3. The van der Waals surface area contributed by atoms with Crippen LogP contribution < -0.4 is 11.1 Å². The van der Waals surface area contributed by atoms with Gasteiger partial charge in [-0.3, -0.25) is 4.79 Å². The fraction of sp³-hybridized carbons (Fsp3) is 0.875. The number of hydrogen-bond acceptors (Lipinski definition) is 2. The van der Waals surface area contributed by atoms with E-state index in [1.54, 1.807) is 7.05 Å². The van der Waals surface area contributed by atoms with E-state index in [0.717, 1.165) is 19.3 Å². The molecule has 3 N–H and O–H groups in total. The van der Waals surface area contributed by atoms with Gasteiger partial charge in [-0.15, -0.1) is 12.4 Å². The van der Waals surface area contributed by atoms with Crippen molar-refractivity contribution in [1.82, 2.24) is 5.32 Å². The molecule has 1 amide bonds. The molecule has 12 heavy (non-hydrogen) atoms. The third-order valence-corrected chi connectivity index (χ3v) is 2.55. The van der Waals surface area contributed by atoms with E-state index in [9.17, 15) is 4.79 Å². The van der Waals surface area contributed by atoms with Gasteiger partial charge in [0.05, 0.1) is 0 Å². The van der Waals surface area contributed by atoms with Gasteiger partial charge in [-0.25, -0.2) is 0 Å². The molecule has 72 valence electrons. The molecule has 0 spiro atoms. The third kappa shape index (κ3) is 2.11. The molecule has 0 heterocycles. The first-order valence-corrected chi connectivity index (χ1v) is 4.06. The Kier molecular flexibility index (Phi) is 4.00. The van der Waals surface area contributed by atoms with Crippen LogP contribution in [-0.4, -0.2) is 19.0 Å². The summed E-state index contributed by atoms with van der Waals surface area (Å²) < 4.78 is 0. The highest BCUT2D eigenvalue weighted by Crippen LogP contribution is 2.36. The Bertz CT molecular complexity index is 174. The lowest BCUT2D eigenvalue weighted by atomic mass is 9.87. The Morgan fingerprint density at radius 2 is 2.25 bits per heavy atom. The highest BCUT2D eigenvalue weighted by Gasteiger charge is 2.39. The number of nitrogens with one attached hydrogen (secondary N) is 1. The summed E-state index contributed by atoms with van der Waals surface area (Å²) in [5.74, 6) is 0.130. The van der Waals surface area contributed by atoms with Crippen molar-refractivity contribution in [3.8, 4) is 0 Å². The van der Waals surface area contributed by atoms with Crippen LogP contribution in [0.2, 0.25) is 0 Å². The van der Waals surface area contributed by atoms with Crippen molar-refractivity contribution < 1.29 is 4.79 Å². The van der Waals surface area contributed by atoms with E-state index in [-0.39, 0.29) is 29.8 Å². The molecule has 0 aromatic heterocycles. The van der Waals surface area contributed by atoms with Crippen molar-refractivity contribution in [3.05, 3.63) is 0 Å². The molecule has 1 fully saturated rings. The van der Waals surface area contributed by atoms with Crippen LogP contribution in [0.4, 0.5) is 0 Å². The van der Waals surface area contributed by atoms with Gasteiger partial charge >= 0.3 is 0 Å². The molecule has 0 bridgehead atoms. The number of nitrogens with two attached hydrogens (primary N) is 1. The standard InChI is InChI=1S/C8H16N2O.ClH/c1-8(7(11)10-2)4-3-6(9)5-8;/h6H,3-5,9H2,1-2H3,(H,10,11);1H/t6-,8-;/m1./s1. The Hall–Kier alpha value is -0.280. The van der Waals surface area contributed by atoms with E-state index in [4.69, 9.17) is 5.73 Å². The molecule has 1 aliphatic carbocycles. The fourth-order valence-electron chi connectivity index (χ4n) is 1.79. The summed E-state index contributed by atoms with van der Waals surface area (Å²) in [4.78, 5) is 11.3. The first-order valence-electron chi connectivity index (χ1n) is 4.06. The topological polar surface area (TPSA) is 55.1 Å². The zero-order valence-corrected chi connectivity index (χ0v) is 8.41. The number of carbonyl (C=O) groups is 1. The molecule has 3 nitrogen and oxygen atoms in total. The van der Waals surface area contributed by atoms with Crippen LogP contribution in [0.3, 0.4) is 0 Å². The quantitative estimate of drug-likeness (QED) is 0.642. The number of rotatable bonds is 1. The molecule has 2 atom stereocenters. The molecule has 1 rings (SSSR count). The average molecular weight is 193 g/mol. The monoisotopic (exact) mass is 192 g/mol. The molecular weight excluding hydrogens is 176 g/mol. The van der Waals surface area contributed by atoms with Crippen LogP contribution in [0.1, 0.15) is 26.2 Å². The summed E-state index contributed by atoms with van der Waals surface area (Å²) in [6, 6.07) is 0.220. The van der Waals surface area contributed by atoms with E-state index in [0.29, 0.717) is 0 Å². The zero-order chi connectivity index (χ0) is 8.48. The summed E-state index contributed by atoms with van der Waals surface area (Å²) in [6.45, 7) is 1.98. The minimum absolute atomic E-state index is 0. The van der Waals surface area contributed by atoms with Crippen molar-refractivity contribution in [1.29, 1.82) is 0 Å². The van der Waals surface area contributed by atoms with E-state index in [2.05, 4.69) is 5.32 Å². The van der Waals surface area contributed by atoms with E-state index < -0.39 is 0 Å². The van der Waals surface area contributed by atoms with Crippen LogP contribution in [-0.2, 0) is 4.79 Å². The molecule has 1 saturated carbocycles. The fourth-order valence-corrected chi connectivity index (χ4v) is 1.79. The first-order chi connectivity index (χ1) is 5.08. The SMILES string of the molecule is CNC(=O)[C@]1(C)CC[C@@H](N)C1.Cl. The number of amides is 1. The van der Waals surface area contributed by atoms with E-state index in [1.807, 2.05) is 6.92 Å². The molecule has 0 aromatic rings. The van der Waals surface area contributed by atoms with Crippen LogP contribution in [0.5, 0.6) is 0 Å². The first kappa shape index (κ1) is 11.7. The van der Waals surface area contributed by atoms with Crippen LogP contribution in [0.15, 0.2) is 0 Å². The predicted octanol–water partition coefficient (Wildman–Crippen LogP) is 0.672. The Morgan fingerprint density at radius 1 is 1.67 bits per heavy atom. The minimum Gasteiger partial charge on any atom is -0.359 e. The van der Waals surface area contributed by atoms with Gasteiger partial charge in [-0.1, -0.05) is 6.92 Å². The molecular formula is C8H17ClN2O. The maximum atomic E-state index is 11.3. The van der Waals surface area contributed by atoms with Crippen LogP contribution in [0.25, 0.3) is 0 Å². The molecule has 4 heteroatoms. The van der Waals surface area contributed by atoms with Crippen LogP contribution >= 0.6 is 12.4 Å².